The van der Waals surface area contributed by atoms with E-state index in [1.165, 1.54) is 15.2 Å². The number of rotatable bonds is 5. The van der Waals surface area contributed by atoms with E-state index >= 15 is 0 Å². The van der Waals surface area contributed by atoms with Crippen LogP contribution in [0.3, 0.4) is 0 Å². The van der Waals surface area contributed by atoms with Gasteiger partial charge in [0.1, 0.15) is 0 Å². The SMILES string of the molecule is Cc1ccc(S(=O)(=O)n2cc(-c3ccc4c(c3)CCN(C)C4=O)c3cc(-c4ccc(N5CCN(C)CC5)c(C)c4)cnc32)cc1. The topological polar surface area (TPSA) is 78.8 Å². The number of aryl methyl sites for hydroxylation is 2. The van der Waals surface area contributed by atoms with Crippen LogP contribution >= 0.6 is 0 Å². The first-order valence-electron chi connectivity index (χ1n) is 15.4. The van der Waals surface area contributed by atoms with E-state index in [9.17, 15) is 13.2 Å². The van der Waals surface area contributed by atoms with Gasteiger partial charge in [0, 0.05) is 79.9 Å². The van der Waals surface area contributed by atoms with Crippen molar-refractivity contribution >= 4 is 32.7 Å². The number of amides is 1. The maximum Gasteiger partial charge on any atom is 0.269 e. The molecule has 0 N–H and O–H groups in total. The van der Waals surface area contributed by atoms with Crippen molar-refractivity contribution in [3.05, 3.63) is 101 Å². The molecule has 7 rings (SSSR count). The van der Waals surface area contributed by atoms with Crippen LogP contribution in [0, 0.1) is 13.8 Å². The number of piperazine rings is 1. The highest BCUT2D eigenvalue weighted by Gasteiger charge is 2.26. The van der Waals surface area contributed by atoms with Gasteiger partial charge in [-0.25, -0.2) is 17.4 Å². The van der Waals surface area contributed by atoms with Gasteiger partial charge in [-0.1, -0.05) is 35.9 Å². The van der Waals surface area contributed by atoms with Crippen molar-refractivity contribution in [1.29, 1.82) is 0 Å². The first-order chi connectivity index (χ1) is 21.6. The van der Waals surface area contributed by atoms with Gasteiger partial charge >= 0.3 is 0 Å². The fourth-order valence-corrected chi connectivity index (χ4v) is 7.81. The van der Waals surface area contributed by atoms with Gasteiger partial charge in [-0.2, -0.15) is 0 Å². The van der Waals surface area contributed by atoms with Crippen molar-refractivity contribution in [3.8, 4) is 22.3 Å². The fourth-order valence-electron chi connectivity index (χ4n) is 6.48. The third kappa shape index (κ3) is 5.19. The quantitative estimate of drug-likeness (QED) is 0.255. The zero-order chi connectivity index (χ0) is 31.5. The van der Waals surface area contributed by atoms with Crippen molar-refractivity contribution in [2.45, 2.75) is 25.2 Å². The number of anilines is 1. The Kier molecular flexibility index (Phi) is 7.25. The molecule has 2 aromatic heterocycles. The minimum Gasteiger partial charge on any atom is -0.369 e. The summed E-state index contributed by atoms with van der Waals surface area (Å²) in [6.07, 6.45) is 4.18. The molecule has 0 spiro atoms. The summed E-state index contributed by atoms with van der Waals surface area (Å²) >= 11 is 0. The molecule has 230 valence electrons. The van der Waals surface area contributed by atoms with Crippen LogP contribution in [0.2, 0.25) is 0 Å². The first-order valence-corrected chi connectivity index (χ1v) is 16.8. The molecule has 5 aromatic rings. The van der Waals surface area contributed by atoms with Crippen LogP contribution in [-0.4, -0.2) is 79.9 Å². The van der Waals surface area contributed by atoms with Crippen LogP contribution in [-0.2, 0) is 16.4 Å². The predicted octanol–water partition coefficient (Wildman–Crippen LogP) is 5.60. The lowest BCUT2D eigenvalue weighted by Gasteiger charge is -2.35. The smallest absolute Gasteiger partial charge is 0.269 e. The van der Waals surface area contributed by atoms with Crippen molar-refractivity contribution in [1.82, 2.24) is 18.8 Å². The molecule has 1 saturated heterocycles. The Morgan fingerprint density at radius 3 is 2.22 bits per heavy atom. The van der Waals surface area contributed by atoms with E-state index in [1.54, 1.807) is 41.6 Å². The maximum atomic E-state index is 14.0. The van der Waals surface area contributed by atoms with E-state index in [4.69, 9.17) is 4.98 Å². The summed E-state index contributed by atoms with van der Waals surface area (Å²) in [5.74, 6) is 0.00604. The molecule has 0 aliphatic carbocycles. The van der Waals surface area contributed by atoms with E-state index in [0.29, 0.717) is 17.8 Å². The Labute approximate surface area is 264 Å². The van der Waals surface area contributed by atoms with Gasteiger partial charge in [-0.3, -0.25) is 4.79 Å². The van der Waals surface area contributed by atoms with Gasteiger partial charge in [-0.15, -0.1) is 0 Å². The molecule has 9 heteroatoms. The van der Waals surface area contributed by atoms with Crippen LogP contribution in [0.15, 0.2) is 84.0 Å². The average Bonchev–Trinajstić information content (AvgIpc) is 3.43. The molecule has 1 fully saturated rings. The molecule has 0 unspecified atom stereocenters. The highest BCUT2D eigenvalue weighted by Crippen LogP contribution is 2.37. The summed E-state index contributed by atoms with van der Waals surface area (Å²) in [5.41, 5.74) is 9.01. The first kappa shape index (κ1) is 29.3. The second-order valence-corrected chi connectivity index (χ2v) is 14.2. The number of benzene rings is 3. The van der Waals surface area contributed by atoms with Gasteiger partial charge < -0.3 is 14.7 Å². The zero-order valence-corrected chi connectivity index (χ0v) is 26.9. The Bertz CT molecular complexity index is 2060. The standard InChI is InChI=1S/C36H37N5O3S/c1-24-5-9-30(10-6-24)45(43,44)41-23-33(27-7-11-31-28(20-27)13-14-39(4)36(31)42)32-21-29(22-37-35(32)41)26-8-12-34(25(2)19-26)40-17-15-38(3)16-18-40/h5-12,19-23H,13-18H2,1-4H3. The molecule has 1 amide bonds. The van der Waals surface area contributed by atoms with Gasteiger partial charge in [0.15, 0.2) is 5.65 Å². The summed E-state index contributed by atoms with van der Waals surface area (Å²) in [6.45, 7) is 8.80. The highest BCUT2D eigenvalue weighted by atomic mass is 32.2. The summed E-state index contributed by atoms with van der Waals surface area (Å²) in [6, 6.07) is 21.2. The Hall–Kier alpha value is -4.47. The maximum absolute atomic E-state index is 14.0. The number of hydrogen-bond acceptors (Lipinski definition) is 6. The van der Waals surface area contributed by atoms with Crippen LogP contribution < -0.4 is 4.90 Å². The van der Waals surface area contributed by atoms with Crippen LogP contribution in [0.1, 0.15) is 27.0 Å². The van der Waals surface area contributed by atoms with Crippen molar-refractivity contribution in [3.63, 3.8) is 0 Å². The number of likely N-dealkylation sites (N-methyl/N-ethyl adjacent to an activating group) is 2. The Morgan fingerprint density at radius 1 is 0.756 bits per heavy atom. The van der Waals surface area contributed by atoms with E-state index in [-0.39, 0.29) is 10.8 Å². The van der Waals surface area contributed by atoms with E-state index in [1.807, 2.05) is 38.2 Å². The summed E-state index contributed by atoms with van der Waals surface area (Å²) in [7, 11) is 0.0491. The monoisotopic (exact) mass is 619 g/mol. The number of carbonyl (C=O) groups excluding carboxylic acids is 1. The molecule has 0 radical (unpaired) electrons. The molecule has 8 nitrogen and oxygen atoms in total. The Morgan fingerprint density at radius 2 is 1.49 bits per heavy atom. The van der Waals surface area contributed by atoms with E-state index < -0.39 is 10.0 Å². The van der Waals surface area contributed by atoms with Gasteiger partial charge in [-0.05, 0) is 86.0 Å². The van der Waals surface area contributed by atoms with Crippen molar-refractivity contribution < 1.29 is 13.2 Å². The minimum atomic E-state index is -3.92. The lowest BCUT2D eigenvalue weighted by molar-refractivity contribution is 0.0781. The van der Waals surface area contributed by atoms with Gasteiger partial charge in [0.2, 0.25) is 0 Å². The van der Waals surface area contributed by atoms with Gasteiger partial charge in [0.25, 0.3) is 15.9 Å². The summed E-state index contributed by atoms with van der Waals surface area (Å²) in [4.78, 5) is 24.3. The molecule has 45 heavy (non-hydrogen) atoms. The lowest BCUT2D eigenvalue weighted by atomic mass is 9.94. The third-order valence-electron chi connectivity index (χ3n) is 9.27. The van der Waals surface area contributed by atoms with E-state index in [2.05, 4.69) is 42.0 Å². The molecule has 0 atom stereocenters. The number of hydrogen-bond donors (Lipinski definition) is 0. The van der Waals surface area contributed by atoms with Gasteiger partial charge in [0.05, 0.1) is 4.90 Å². The average molecular weight is 620 g/mol. The number of carbonyl (C=O) groups is 1. The normalized spacial score (nSPS) is 16.0. The largest absolute Gasteiger partial charge is 0.369 e. The second-order valence-electron chi connectivity index (χ2n) is 12.4. The molecule has 0 saturated carbocycles. The molecule has 3 aromatic carbocycles. The highest BCUT2D eigenvalue weighted by molar-refractivity contribution is 7.90. The van der Waals surface area contributed by atoms with E-state index in [0.717, 1.165) is 71.4 Å². The number of fused-ring (bicyclic) bond motifs is 2. The number of pyridine rings is 1. The molecule has 4 heterocycles. The van der Waals surface area contributed by atoms with Crippen molar-refractivity contribution in [2.24, 2.45) is 0 Å². The second kappa shape index (κ2) is 11.2. The summed E-state index contributed by atoms with van der Waals surface area (Å²) in [5, 5.41) is 0.739. The van der Waals surface area contributed by atoms with Crippen molar-refractivity contribution in [2.75, 3.05) is 51.7 Å². The predicted molar refractivity (Wildman–Crippen MR) is 179 cm³/mol. The van der Waals surface area contributed by atoms with Crippen LogP contribution in [0.25, 0.3) is 33.3 Å². The number of nitrogens with zero attached hydrogens (tertiary/aromatic N) is 5. The third-order valence-corrected chi connectivity index (χ3v) is 10.9. The fraction of sp³-hybridized carbons (Fsp3) is 0.278. The van der Waals surface area contributed by atoms with Crippen LogP contribution in [0.5, 0.6) is 0 Å². The molecular weight excluding hydrogens is 582 g/mol. The summed E-state index contributed by atoms with van der Waals surface area (Å²) < 4.78 is 29.3. The van der Waals surface area contributed by atoms with Crippen LogP contribution in [0.4, 0.5) is 5.69 Å². The molecule has 2 aliphatic rings. The zero-order valence-electron chi connectivity index (χ0n) is 26.1. The molecular formula is C36H37N5O3S. The minimum absolute atomic E-state index is 0.00604. The lowest BCUT2D eigenvalue weighted by Crippen LogP contribution is -2.44. The molecule has 0 bridgehead atoms. The molecule has 2 aliphatic heterocycles. The Balaban J connectivity index is 1.36. The number of aromatic nitrogens is 2.